The molecule has 6 heterocycles. The number of ether oxygens (including phenoxy) is 3. The van der Waals surface area contributed by atoms with Crippen molar-refractivity contribution >= 4 is 53.1 Å². The van der Waals surface area contributed by atoms with Crippen LogP contribution in [0.1, 0.15) is 198 Å². The van der Waals surface area contributed by atoms with E-state index in [0.29, 0.717) is 106 Å². The molecule has 3 saturated heterocycles. The molecular weight excluding hydrogens is 1150 g/mol. The quantitative estimate of drug-likeness (QED) is 0.0377. The van der Waals surface area contributed by atoms with Crippen molar-refractivity contribution in [2.75, 3.05) is 67.2 Å². The summed E-state index contributed by atoms with van der Waals surface area (Å²) in [6.07, 6.45) is 21.7. The number of pyridine rings is 3. The van der Waals surface area contributed by atoms with Gasteiger partial charge in [0.25, 0.3) is 17.7 Å². The lowest BCUT2D eigenvalue weighted by Gasteiger charge is -2.42. The molecule has 3 aliphatic heterocycles. The van der Waals surface area contributed by atoms with Crippen LogP contribution in [0.5, 0.6) is 11.8 Å². The van der Waals surface area contributed by atoms with Crippen molar-refractivity contribution in [3.05, 3.63) is 94.9 Å². The van der Waals surface area contributed by atoms with Crippen LogP contribution in [0.15, 0.2) is 66.9 Å². The van der Waals surface area contributed by atoms with Crippen LogP contribution in [-0.2, 0) is 25.5 Å². The summed E-state index contributed by atoms with van der Waals surface area (Å²) in [5, 5.41) is 21.1. The van der Waals surface area contributed by atoms with Gasteiger partial charge in [-0.05, 0) is 161 Å². The van der Waals surface area contributed by atoms with Crippen molar-refractivity contribution < 1.29 is 52.5 Å². The number of carbonyl (C=O) groups is 6. The van der Waals surface area contributed by atoms with Crippen molar-refractivity contribution in [1.82, 2.24) is 30.9 Å². The van der Waals surface area contributed by atoms with E-state index in [2.05, 4.69) is 39.7 Å². The molecule has 3 amide bonds. The number of carboxylic acids is 1. The maximum Gasteiger partial charge on any atom is 0.317 e. The van der Waals surface area contributed by atoms with E-state index in [-0.39, 0.29) is 91.0 Å². The van der Waals surface area contributed by atoms with Gasteiger partial charge in [-0.25, -0.2) is 9.37 Å². The highest BCUT2D eigenvalue weighted by Gasteiger charge is 2.48. The number of hydrogen-bond donors (Lipinski definition) is 4. The SMILES string of the molecule is CC(C)CCOc1nc(N2CCC[C@@H](C(C(=O)OC(=O)C[C@@H]3CCCN(c4ccc(C(=O)NC5CCCCC5)cn4)C3)C(C(=O)O)[C@@H]3CCCN(c4ccc(C(=O)NC5CCCCC5)c(OCCc5ccc(F)cc5)n4)C3)C2)ccc1C(=O)NC1CCCCC1. The molecule has 19 nitrogen and oxygen atoms in total. The molecule has 3 saturated carbocycles. The van der Waals surface area contributed by atoms with Crippen LogP contribution in [-0.4, -0.2) is 126 Å². The number of benzene rings is 1. The molecule has 0 radical (unpaired) electrons. The Morgan fingerprint density at radius 2 is 1.04 bits per heavy atom. The summed E-state index contributed by atoms with van der Waals surface area (Å²) in [5.74, 6) is -5.35. The minimum atomic E-state index is -1.29. The van der Waals surface area contributed by atoms with E-state index >= 15 is 4.79 Å². The fourth-order valence-electron chi connectivity index (χ4n) is 14.5. The second kappa shape index (κ2) is 32.1. The molecule has 486 valence electrons. The van der Waals surface area contributed by atoms with Crippen LogP contribution in [0, 0.1) is 41.3 Å². The molecule has 90 heavy (non-hydrogen) atoms. The number of esters is 2. The van der Waals surface area contributed by atoms with Crippen molar-refractivity contribution in [3.8, 4) is 11.8 Å². The predicted octanol–water partition coefficient (Wildman–Crippen LogP) is 11.1. The average molecular weight is 1240 g/mol. The van der Waals surface area contributed by atoms with Crippen molar-refractivity contribution in [2.45, 2.75) is 186 Å². The lowest BCUT2D eigenvalue weighted by Crippen LogP contribution is -2.50. The Morgan fingerprint density at radius 3 is 1.56 bits per heavy atom. The summed E-state index contributed by atoms with van der Waals surface area (Å²) < 4.78 is 32.4. The number of piperidine rings is 3. The van der Waals surface area contributed by atoms with Crippen LogP contribution in [0.4, 0.5) is 21.8 Å². The van der Waals surface area contributed by atoms with Gasteiger partial charge < -0.3 is 50.0 Å². The normalized spacial score (nSPS) is 21.2. The first-order chi connectivity index (χ1) is 43.7. The van der Waals surface area contributed by atoms with Crippen LogP contribution < -0.4 is 40.1 Å². The second-order valence-corrected chi connectivity index (χ2v) is 26.7. The fourth-order valence-corrected chi connectivity index (χ4v) is 14.5. The van der Waals surface area contributed by atoms with Gasteiger partial charge in [0.15, 0.2) is 0 Å². The Balaban J connectivity index is 0.890. The van der Waals surface area contributed by atoms with E-state index in [1.165, 1.54) is 18.6 Å². The molecule has 4 aromatic rings. The van der Waals surface area contributed by atoms with E-state index in [4.69, 9.17) is 24.2 Å². The molecule has 2 unspecified atom stereocenters. The first kappa shape index (κ1) is 65.6. The molecule has 20 heteroatoms. The van der Waals surface area contributed by atoms with Crippen LogP contribution in [0.2, 0.25) is 0 Å². The van der Waals surface area contributed by atoms with Gasteiger partial charge in [0.05, 0.1) is 37.0 Å². The van der Waals surface area contributed by atoms with Gasteiger partial charge in [0.1, 0.15) is 34.4 Å². The number of nitrogens with one attached hydrogen (secondary N) is 3. The third-order valence-corrected chi connectivity index (χ3v) is 19.5. The number of aromatic nitrogens is 3. The summed E-state index contributed by atoms with van der Waals surface area (Å²) in [6.45, 7) is 7.35. The van der Waals surface area contributed by atoms with Crippen LogP contribution in [0.3, 0.4) is 0 Å². The Hall–Kier alpha value is -7.38. The Morgan fingerprint density at radius 1 is 0.556 bits per heavy atom. The largest absolute Gasteiger partial charge is 0.481 e. The van der Waals surface area contributed by atoms with Crippen LogP contribution in [0.25, 0.3) is 0 Å². The van der Waals surface area contributed by atoms with Gasteiger partial charge in [-0.1, -0.05) is 83.8 Å². The first-order valence-electron chi connectivity index (χ1n) is 33.8. The number of carboxylic acid groups (broad SMARTS) is 1. The van der Waals surface area contributed by atoms with E-state index in [1.807, 2.05) is 15.9 Å². The zero-order valence-electron chi connectivity index (χ0n) is 52.9. The Kier molecular flexibility index (Phi) is 23.4. The van der Waals surface area contributed by atoms with Crippen molar-refractivity contribution in [3.63, 3.8) is 0 Å². The maximum atomic E-state index is 15.2. The highest BCUT2D eigenvalue weighted by atomic mass is 19.1. The first-order valence-corrected chi connectivity index (χ1v) is 33.8. The number of halogens is 1. The lowest BCUT2D eigenvalue weighted by molar-refractivity contribution is -0.171. The number of anilines is 3. The van der Waals surface area contributed by atoms with Gasteiger partial charge >= 0.3 is 17.9 Å². The number of carbonyl (C=O) groups excluding carboxylic acids is 5. The highest BCUT2D eigenvalue weighted by molar-refractivity contribution is 5.98. The van der Waals surface area contributed by atoms with Gasteiger partial charge in [-0.3, -0.25) is 28.8 Å². The maximum absolute atomic E-state index is 15.2. The zero-order chi connectivity index (χ0) is 62.9. The number of hydrogen-bond acceptors (Lipinski definition) is 15. The van der Waals surface area contributed by atoms with Crippen molar-refractivity contribution in [1.29, 1.82) is 0 Å². The monoisotopic (exact) mass is 1240 g/mol. The molecule has 4 N–H and O–H groups in total. The van der Waals surface area contributed by atoms with E-state index in [1.54, 1.807) is 48.7 Å². The minimum absolute atomic E-state index is 0.0311. The zero-order valence-corrected chi connectivity index (χ0v) is 52.9. The lowest BCUT2D eigenvalue weighted by atomic mass is 9.70. The summed E-state index contributed by atoms with van der Waals surface area (Å²) in [6, 6.07) is 17.1. The number of aliphatic carboxylic acids is 1. The van der Waals surface area contributed by atoms with Crippen molar-refractivity contribution in [2.24, 2.45) is 35.5 Å². The summed E-state index contributed by atoms with van der Waals surface area (Å²) in [5.41, 5.74) is 1.96. The summed E-state index contributed by atoms with van der Waals surface area (Å²) in [4.78, 5) is 105. The number of nitrogens with zero attached hydrogens (tertiary/aromatic N) is 6. The van der Waals surface area contributed by atoms with E-state index < -0.39 is 41.6 Å². The van der Waals surface area contributed by atoms with E-state index in [9.17, 15) is 33.5 Å². The molecule has 1 aromatic carbocycles. The molecule has 3 aromatic heterocycles. The Labute approximate surface area is 529 Å². The molecule has 0 spiro atoms. The third kappa shape index (κ3) is 18.0. The molecular formula is C70H94FN9O10. The minimum Gasteiger partial charge on any atom is -0.481 e. The number of amides is 3. The molecule has 0 bridgehead atoms. The van der Waals surface area contributed by atoms with Gasteiger partial charge in [-0.15, -0.1) is 0 Å². The topological polar surface area (TPSA) is 235 Å². The Bertz CT molecular complexity index is 3060. The molecule has 6 fully saturated rings. The predicted molar refractivity (Wildman–Crippen MR) is 341 cm³/mol. The second-order valence-electron chi connectivity index (χ2n) is 26.7. The van der Waals surface area contributed by atoms with Gasteiger partial charge in [0.2, 0.25) is 11.8 Å². The summed E-state index contributed by atoms with van der Waals surface area (Å²) >= 11 is 0. The van der Waals surface area contributed by atoms with E-state index in [0.717, 1.165) is 108 Å². The summed E-state index contributed by atoms with van der Waals surface area (Å²) in [7, 11) is 0. The fraction of sp³-hybridized carbons (Fsp3) is 0.614. The highest BCUT2D eigenvalue weighted by Crippen LogP contribution is 2.41. The molecule has 10 rings (SSSR count). The van der Waals surface area contributed by atoms with Crippen LogP contribution >= 0.6 is 0 Å². The smallest absolute Gasteiger partial charge is 0.317 e. The molecule has 5 atom stereocenters. The number of rotatable bonds is 24. The average Bonchev–Trinajstić information content (AvgIpc) is 1.01. The standard InChI is InChI=1S/C70H94FN9O10/c1-46(2)34-39-88-67-56(65(83)74-54-20-8-4-9-21-54)29-33-60(76-67)80-38-14-17-51(45-80)63(70(87)90-61(81)41-48-15-12-36-78(43-48)58-31-26-49(42-72-58)64(82)73-53-18-6-3-7-19-53)62(69(85)86)50-16-13-37-79(44-50)59-32-30-57(66(84)75-55-22-10-5-11-23-55)68(77-59)89-40-35-47-24-27-52(71)28-25-47/h24-33,42,46,48,50-51,53-55,62-63H,3-23,34-41,43-45H2,1-2H3,(H,73,82)(H,74,83)(H,75,84)(H,85,86)/t48-,50+,51+,62?,63?/m0/s1. The molecule has 3 aliphatic carbocycles. The van der Waals surface area contributed by atoms with Gasteiger partial charge in [0, 0.05) is 70.0 Å². The molecule has 6 aliphatic rings. The third-order valence-electron chi connectivity index (χ3n) is 19.5. The van der Waals surface area contributed by atoms with Gasteiger partial charge in [-0.2, -0.15) is 9.97 Å².